The lowest BCUT2D eigenvalue weighted by molar-refractivity contribution is -0.0660. The van der Waals surface area contributed by atoms with E-state index in [0.29, 0.717) is 29.6 Å². The molecule has 3 fully saturated rings. The van der Waals surface area contributed by atoms with E-state index in [2.05, 4.69) is 53.4 Å². The molecule has 3 aliphatic rings. The van der Waals surface area contributed by atoms with E-state index >= 15 is 0 Å². The SMILES string of the molecule is COc1cc(-n2cnc(Nc3cc(C4CC4)cc(N4CCN(C5COC5)CC4)c3)n2)ncn1. The van der Waals surface area contributed by atoms with Crippen molar-refractivity contribution in [2.45, 2.75) is 24.8 Å². The Morgan fingerprint density at radius 1 is 1.00 bits per heavy atom. The molecule has 3 aromatic rings. The molecule has 0 amide bonds. The van der Waals surface area contributed by atoms with E-state index in [0.717, 1.165) is 45.1 Å². The van der Waals surface area contributed by atoms with Gasteiger partial charge in [-0.15, -0.1) is 5.10 Å². The van der Waals surface area contributed by atoms with Gasteiger partial charge in [0.1, 0.15) is 12.7 Å². The molecule has 4 heterocycles. The Labute approximate surface area is 192 Å². The van der Waals surface area contributed by atoms with E-state index in [1.165, 1.54) is 30.4 Å². The van der Waals surface area contributed by atoms with Crippen LogP contribution in [0.25, 0.3) is 5.82 Å². The predicted molar refractivity (Wildman–Crippen MR) is 124 cm³/mol. The number of hydrogen-bond donors (Lipinski definition) is 1. The molecule has 0 atom stereocenters. The van der Waals surface area contributed by atoms with Crippen LogP contribution in [-0.2, 0) is 4.74 Å². The molecule has 10 heteroatoms. The van der Waals surface area contributed by atoms with Gasteiger partial charge in [0, 0.05) is 43.6 Å². The molecular formula is C23H28N8O2. The third-order valence-electron chi connectivity index (χ3n) is 6.62. The standard InChI is InChI=1S/C23H28N8O2/c1-32-22-11-21(24-14-25-22)31-15-26-23(28-31)27-18-8-17(16-2-3-16)9-19(10-18)29-4-6-30(7-5-29)20-12-33-13-20/h8-11,14-16,20H,2-7,12-13H2,1H3,(H,27,28). The second kappa shape index (κ2) is 8.60. The Morgan fingerprint density at radius 2 is 1.85 bits per heavy atom. The molecule has 0 bridgehead atoms. The zero-order valence-corrected chi connectivity index (χ0v) is 18.7. The number of nitrogens with one attached hydrogen (secondary N) is 1. The van der Waals surface area contributed by atoms with Gasteiger partial charge in [-0.3, -0.25) is 4.90 Å². The number of hydrogen-bond acceptors (Lipinski definition) is 9. The Morgan fingerprint density at radius 3 is 2.58 bits per heavy atom. The fourth-order valence-corrected chi connectivity index (χ4v) is 4.45. The summed E-state index contributed by atoms with van der Waals surface area (Å²) in [4.78, 5) is 17.8. The number of methoxy groups -OCH3 is 1. The van der Waals surface area contributed by atoms with Gasteiger partial charge in [0.25, 0.3) is 0 Å². The first-order valence-corrected chi connectivity index (χ1v) is 11.5. The minimum absolute atomic E-state index is 0.483. The first-order chi connectivity index (χ1) is 16.2. The van der Waals surface area contributed by atoms with Gasteiger partial charge in [-0.2, -0.15) is 4.98 Å². The second-order valence-corrected chi connectivity index (χ2v) is 8.86. The number of anilines is 3. The van der Waals surface area contributed by atoms with Crippen LogP contribution < -0.4 is 15.0 Å². The molecule has 0 radical (unpaired) electrons. The quantitative estimate of drug-likeness (QED) is 0.584. The number of nitrogens with zero attached hydrogens (tertiary/aromatic N) is 7. The molecule has 2 aromatic heterocycles. The summed E-state index contributed by atoms with van der Waals surface area (Å²) >= 11 is 0. The van der Waals surface area contributed by atoms with Gasteiger partial charge in [0.05, 0.1) is 26.4 Å². The van der Waals surface area contributed by atoms with Crippen LogP contribution in [0.5, 0.6) is 5.88 Å². The smallest absolute Gasteiger partial charge is 0.247 e. The van der Waals surface area contributed by atoms with Crippen LogP contribution >= 0.6 is 0 Å². The highest BCUT2D eigenvalue weighted by atomic mass is 16.5. The van der Waals surface area contributed by atoms with Gasteiger partial charge in [0.2, 0.25) is 11.8 Å². The Balaban J connectivity index is 1.20. The van der Waals surface area contributed by atoms with Crippen LogP contribution in [0.2, 0.25) is 0 Å². The molecule has 10 nitrogen and oxygen atoms in total. The third-order valence-corrected chi connectivity index (χ3v) is 6.62. The van der Waals surface area contributed by atoms with Crippen molar-refractivity contribution in [2.24, 2.45) is 0 Å². The second-order valence-electron chi connectivity index (χ2n) is 8.86. The van der Waals surface area contributed by atoms with Gasteiger partial charge in [-0.25, -0.2) is 14.6 Å². The number of ether oxygens (including phenoxy) is 2. The predicted octanol–water partition coefficient (Wildman–Crippen LogP) is 2.21. The van der Waals surface area contributed by atoms with Crippen molar-refractivity contribution in [1.82, 2.24) is 29.6 Å². The molecule has 1 aromatic carbocycles. The highest BCUT2D eigenvalue weighted by Crippen LogP contribution is 2.42. The maximum Gasteiger partial charge on any atom is 0.247 e. The molecule has 1 N–H and O–H groups in total. The molecule has 172 valence electrons. The molecule has 0 spiro atoms. The number of benzene rings is 1. The van der Waals surface area contributed by atoms with Crippen molar-refractivity contribution < 1.29 is 9.47 Å². The molecule has 0 unspecified atom stereocenters. The van der Waals surface area contributed by atoms with Crippen molar-refractivity contribution in [3.8, 4) is 11.7 Å². The van der Waals surface area contributed by atoms with Crippen molar-refractivity contribution in [2.75, 3.05) is 56.7 Å². The van der Waals surface area contributed by atoms with Crippen LogP contribution in [0.1, 0.15) is 24.3 Å². The molecule has 1 saturated carbocycles. The number of rotatable bonds is 7. The van der Waals surface area contributed by atoms with Gasteiger partial charge < -0.3 is 19.7 Å². The molecular weight excluding hydrogens is 420 g/mol. The van der Waals surface area contributed by atoms with Crippen LogP contribution in [0.3, 0.4) is 0 Å². The van der Waals surface area contributed by atoms with E-state index in [-0.39, 0.29) is 0 Å². The van der Waals surface area contributed by atoms with Crippen molar-refractivity contribution in [1.29, 1.82) is 0 Å². The summed E-state index contributed by atoms with van der Waals surface area (Å²) in [5.41, 5.74) is 3.68. The largest absolute Gasteiger partial charge is 0.481 e. The Hall–Kier alpha value is -3.24. The fourth-order valence-electron chi connectivity index (χ4n) is 4.45. The number of aromatic nitrogens is 5. The van der Waals surface area contributed by atoms with Crippen LogP contribution in [0.4, 0.5) is 17.3 Å². The zero-order chi connectivity index (χ0) is 22.2. The normalized spacial score (nSPS) is 19.4. The van der Waals surface area contributed by atoms with Crippen molar-refractivity contribution in [3.05, 3.63) is 42.5 Å². The topological polar surface area (TPSA) is 93.5 Å². The monoisotopic (exact) mass is 448 g/mol. The summed E-state index contributed by atoms with van der Waals surface area (Å²) in [5.74, 6) is 2.28. The highest BCUT2D eigenvalue weighted by Gasteiger charge is 2.30. The summed E-state index contributed by atoms with van der Waals surface area (Å²) in [6, 6.07) is 9.14. The highest BCUT2D eigenvalue weighted by molar-refractivity contribution is 5.65. The third kappa shape index (κ3) is 4.36. The van der Waals surface area contributed by atoms with E-state index in [1.807, 2.05) is 0 Å². The lowest BCUT2D eigenvalue weighted by atomic mass is 10.1. The average Bonchev–Trinajstić information content (AvgIpc) is 3.57. The number of piperazine rings is 1. The van der Waals surface area contributed by atoms with Crippen LogP contribution in [0, 0.1) is 0 Å². The minimum atomic E-state index is 0.483. The molecule has 6 rings (SSSR count). The van der Waals surface area contributed by atoms with Gasteiger partial charge in [-0.05, 0) is 42.5 Å². The fraction of sp³-hybridized carbons (Fsp3) is 0.478. The summed E-state index contributed by atoms with van der Waals surface area (Å²) in [6.45, 7) is 6.00. The lowest BCUT2D eigenvalue weighted by Crippen LogP contribution is -2.56. The summed E-state index contributed by atoms with van der Waals surface area (Å²) in [6.07, 6.45) is 5.62. The lowest BCUT2D eigenvalue weighted by Gasteiger charge is -2.43. The Bertz CT molecular complexity index is 1120. The van der Waals surface area contributed by atoms with E-state index in [1.54, 1.807) is 24.2 Å². The summed E-state index contributed by atoms with van der Waals surface area (Å²) in [5, 5.41) is 7.94. The molecule has 1 aliphatic carbocycles. The zero-order valence-electron chi connectivity index (χ0n) is 18.7. The van der Waals surface area contributed by atoms with Gasteiger partial charge in [0.15, 0.2) is 5.82 Å². The maximum atomic E-state index is 5.37. The molecule has 2 saturated heterocycles. The summed E-state index contributed by atoms with van der Waals surface area (Å²) in [7, 11) is 1.58. The molecule has 33 heavy (non-hydrogen) atoms. The van der Waals surface area contributed by atoms with E-state index in [4.69, 9.17) is 9.47 Å². The van der Waals surface area contributed by atoms with Gasteiger partial charge in [-0.1, -0.05) is 0 Å². The Kier molecular flexibility index (Phi) is 5.31. The van der Waals surface area contributed by atoms with Crippen molar-refractivity contribution in [3.63, 3.8) is 0 Å². The first-order valence-electron chi connectivity index (χ1n) is 11.5. The summed E-state index contributed by atoms with van der Waals surface area (Å²) < 4.78 is 12.2. The minimum Gasteiger partial charge on any atom is -0.481 e. The van der Waals surface area contributed by atoms with Crippen molar-refractivity contribution >= 4 is 17.3 Å². The van der Waals surface area contributed by atoms with E-state index in [9.17, 15) is 0 Å². The van der Waals surface area contributed by atoms with E-state index < -0.39 is 0 Å². The maximum absolute atomic E-state index is 5.37. The first kappa shape index (κ1) is 20.4. The van der Waals surface area contributed by atoms with Gasteiger partial charge >= 0.3 is 0 Å². The van der Waals surface area contributed by atoms with Crippen LogP contribution in [0.15, 0.2) is 36.9 Å². The average molecular weight is 449 g/mol. The molecule has 2 aliphatic heterocycles. The van der Waals surface area contributed by atoms with Crippen LogP contribution in [-0.4, -0.2) is 82.2 Å².